The van der Waals surface area contributed by atoms with Gasteiger partial charge >= 0.3 is 0 Å². The highest BCUT2D eigenvalue weighted by Gasteiger charge is 2.00. The van der Waals surface area contributed by atoms with Gasteiger partial charge in [-0.2, -0.15) is 0 Å². The van der Waals surface area contributed by atoms with Gasteiger partial charge in [-0.3, -0.25) is 0 Å². The smallest absolute Gasteiger partial charge is 0.124 e. The number of benzene rings is 2. The van der Waals surface area contributed by atoms with Crippen molar-refractivity contribution in [2.24, 2.45) is 0 Å². The maximum atomic E-state index is 5.73. The number of anilines is 1. The minimum absolute atomic E-state index is 0.469. The second-order valence-corrected chi connectivity index (χ2v) is 4.40. The van der Waals surface area contributed by atoms with Gasteiger partial charge in [-0.1, -0.05) is 6.07 Å². The van der Waals surface area contributed by atoms with Gasteiger partial charge in [0.25, 0.3) is 0 Å². The topological polar surface area (TPSA) is 53.7 Å². The van der Waals surface area contributed by atoms with Gasteiger partial charge in [0.1, 0.15) is 30.5 Å². The fourth-order valence-corrected chi connectivity index (χ4v) is 1.76. The van der Waals surface area contributed by atoms with Crippen LogP contribution < -0.4 is 19.9 Å². The van der Waals surface area contributed by atoms with E-state index in [-0.39, 0.29) is 0 Å². The van der Waals surface area contributed by atoms with Crippen LogP contribution in [0.3, 0.4) is 0 Å². The third-order valence-corrected chi connectivity index (χ3v) is 2.88. The number of methoxy groups -OCH3 is 1. The Kier molecular flexibility index (Phi) is 4.71. The summed E-state index contributed by atoms with van der Waals surface area (Å²) in [5, 5.41) is 0. The van der Waals surface area contributed by atoms with Crippen LogP contribution in [-0.4, -0.2) is 20.3 Å². The van der Waals surface area contributed by atoms with E-state index in [9.17, 15) is 0 Å². The summed E-state index contributed by atoms with van der Waals surface area (Å²) >= 11 is 0. The average molecular weight is 273 g/mol. The molecule has 0 radical (unpaired) electrons. The molecule has 0 atom stereocenters. The van der Waals surface area contributed by atoms with E-state index in [1.807, 2.05) is 49.4 Å². The lowest BCUT2D eigenvalue weighted by Gasteiger charge is -2.11. The molecule has 0 fully saturated rings. The van der Waals surface area contributed by atoms with E-state index in [4.69, 9.17) is 19.9 Å². The van der Waals surface area contributed by atoms with E-state index in [0.29, 0.717) is 18.9 Å². The molecule has 0 unspecified atom stereocenters. The van der Waals surface area contributed by atoms with Crippen LogP contribution in [0.4, 0.5) is 5.69 Å². The van der Waals surface area contributed by atoms with Crippen molar-refractivity contribution in [2.75, 3.05) is 26.1 Å². The van der Waals surface area contributed by atoms with Crippen molar-refractivity contribution in [3.63, 3.8) is 0 Å². The average Bonchev–Trinajstić information content (AvgIpc) is 2.47. The second-order valence-electron chi connectivity index (χ2n) is 4.40. The minimum Gasteiger partial charge on any atom is -0.497 e. The number of rotatable bonds is 6. The summed E-state index contributed by atoms with van der Waals surface area (Å²) in [4.78, 5) is 0. The Morgan fingerprint density at radius 1 is 0.900 bits per heavy atom. The number of nitrogens with two attached hydrogens (primary N) is 1. The molecule has 0 aromatic heterocycles. The fraction of sp³-hybridized carbons (Fsp3) is 0.250. The highest BCUT2D eigenvalue weighted by molar-refractivity contribution is 5.47. The van der Waals surface area contributed by atoms with Gasteiger partial charge in [-0.05, 0) is 42.8 Å². The molecule has 0 spiro atoms. The standard InChI is InChI=1S/C16H19NO3/c1-12-3-4-13(17)11-16(12)20-10-9-19-15-7-5-14(18-2)6-8-15/h3-8,11H,9-10,17H2,1-2H3. The summed E-state index contributed by atoms with van der Waals surface area (Å²) in [6.07, 6.45) is 0. The van der Waals surface area contributed by atoms with Gasteiger partial charge < -0.3 is 19.9 Å². The molecule has 0 heterocycles. The summed E-state index contributed by atoms with van der Waals surface area (Å²) in [6.45, 7) is 2.93. The van der Waals surface area contributed by atoms with E-state index in [1.165, 1.54) is 0 Å². The van der Waals surface area contributed by atoms with Crippen molar-refractivity contribution in [3.05, 3.63) is 48.0 Å². The molecular formula is C16H19NO3. The summed E-state index contributed by atoms with van der Waals surface area (Å²) in [5.74, 6) is 2.39. The van der Waals surface area contributed by atoms with Crippen LogP contribution in [0.15, 0.2) is 42.5 Å². The van der Waals surface area contributed by atoms with Crippen LogP contribution in [0.2, 0.25) is 0 Å². The molecule has 4 heteroatoms. The van der Waals surface area contributed by atoms with Crippen molar-refractivity contribution in [1.82, 2.24) is 0 Å². The molecule has 0 bridgehead atoms. The van der Waals surface area contributed by atoms with Crippen LogP contribution in [0.25, 0.3) is 0 Å². The van der Waals surface area contributed by atoms with Gasteiger partial charge in [-0.15, -0.1) is 0 Å². The third kappa shape index (κ3) is 3.82. The van der Waals surface area contributed by atoms with E-state index >= 15 is 0 Å². The molecule has 0 aliphatic heterocycles. The maximum absolute atomic E-state index is 5.73. The van der Waals surface area contributed by atoms with Crippen LogP contribution >= 0.6 is 0 Å². The van der Waals surface area contributed by atoms with Gasteiger partial charge in [0.2, 0.25) is 0 Å². The summed E-state index contributed by atoms with van der Waals surface area (Å²) in [5.41, 5.74) is 7.48. The molecule has 0 amide bonds. The van der Waals surface area contributed by atoms with E-state index in [1.54, 1.807) is 7.11 Å². The molecule has 2 N–H and O–H groups in total. The lowest BCUT2D eigenvalue weighted by molar-refractivity contribution is 0.216. The van der Waals surface area contributed by atoms with Crippen molar-refractivity contribution in [2.45, 2.75) is 6.92 Å². The predicted octanol–water partition coefficient (Wildman–Crippen LogP) is 3.04. The molecule has 2 aromatic carbocycles. The second kappa shape index (κ2) is 6.70. The Morgan fingerprint density at radius 2 is 1.55 bits per heavy atom. The Bertz CT molecular complexity index is 552. The van der Waals surface area contributed by atoms with Crippen LogP contribution in [0.5, 0.6) is 17.2 Å². The zero-order chi connectivity index (χ0) is 14.4. The molecular weight excluding hydrogens is 254 g/mol. The summed E-state index contributed by atoms with van der Waals surface area (Å²) < 4.78 is 16.3. The van der Waals surface area contributed by atoms with Gasteiger partial charge in [0, 0.05) is 11.8 Å². The maximum Gasteiger partial charge on any atom is 0.124 e. The molecule has 0 saturated heterocycles. The lowest BCUT2D eigenvalue weighted by atomic mass is 10.2. The van der Waals surface area contributed by atoms with Crippen molar-refractivity contribution < 1.29 is 14.2 Å². The van der Waals surface area contributed by atoms with Crippen LogP contribution in [0.1, 0.15) is 5.56 Å². The highest BCUT2D eigenvalue weighted by atomic mass is 16.5. The van der Waals surface area contributed by atoms with Crippen LogP contribution in [0, 0.1) is 6.92 Å². The molecule has 0 saturated carbocycles. The number of aryl methyl sites for hydroxylation is 1. The SMILES string of the molecule is COc1ccc(OCCOc2cc(N)ccc2C)cc1. The minimum atomic E-state index is 0.469. The van der Waals surface area contributed by atoms with Gasteiger partial charge in [0.05, 0.1) is 7.11 Å². The quantitative estimate of drug-likeness (QED) is 0.649. The van der Waals surface area contributed by atoms with Crippen LogP contribution in [-0.2, 0) is 0 Å². The Balaban J connectivity index is 1.79. The Labute approximate surface area is 119 Å². The highest BCUT2D eigenvalue weighted by Crippen LogP contribution is 2.21. The molecule has 2 rings (SSSR count). The zero-order valence-electron chi connectivity index (χ0n) is 11.8. The first kappa shape index (κ1) is 14.1. The molecule has 0 aliphatic rings. The lowest BCUT2D eigenvalue weighted by Crippen LogP contribution is -2.09. The number of hydrogen-bond donors (Lipinski definition) is 1. The Morgan fingerprint density at radius 3 is 2.25 bits per heavy atom. The molecule has 106 valence electrons. The first-order valence-corrected chi connectivity index (χ1v) is 6.45. The number of ether oxygens (including phenoxy) is 3. The molecule has 4 nitrogen and oxygen atoms in total. The fourth-order valence-electron chi connectivity index (χ4n) is 1.76. The molecule has 20 heavy (non-hydrogen) atoms. The summed E-state index contributed by atoms with van der Waals surface area (Å²) in [6, 6.07) is 13.1. The summed E-state index contributed by atoms with van der Waals surface area (Å²) in [7, 11) is 1.64. The Hall–Kier alpha value is -2.36. The van der Waals surface area contributed by atoms with Crippen molar-refractivity contribution in [3.8, 4) is 17.2 Å². The van der Waals surface area contributed by atoms with E-state index < -0.39 is 0 Å². The first-order valence-electron chi connectivity index (χ1n) is 6.45. The predicted molar refractivity (Wildman–Crippen MR) is 79.6 cm³/mol. The number of nitrogen functional groups attached to an aromatic ring is 1. The van der Waals surface area contributed by atoms with Crippen molar-refractivity contribution >= 4 is 5.69 Å². The molecule has 0 aliphatic carbocycles. The van der Waals surface area contributed by atoms with Crippen molar-refractivity contribution in [1.29, 1.82) is 0 Å². The van der Waals surface area contributed by atoms with Gasteiger partial charge in [-0.25, -0.2) is 0 Å². The third-order valence-electron chi connectivity index (χ3n) is 2.88. The monoisotopic (exact) mass is 273 g/mol. The van der Waals surface area contributed by atoms with E-state index in [2.05, 4.69) is 0 Å². The largest absolute Gasteiger partial charge is 0.497 e. The zero-order valence-corrected chi connectivity index (χ0v) is 11.8. The molecule has 2 aromatic rings. The van der Waals surface area contributed by atoms with Gasteiger partial charge in [0.15, 0.2) is 0 Å². The normalized spacial score (nSPS) is 10.1. The first-order chi connectivity index (χ1) is 9.69. The van der Waals surface area contributed by atoms with E-state index in [0.717, 1.165) is 22.8 Å². The number of hydrogen-bond acceptors (Lipinski definition) is 4.